The second-order valence-corrected chi connectivity index (χ2v) is 5.56. The number of benzene rings is 2. The monoisotopic (exact) mass is 272 g/mol. The molecule has 0 amide bonds. The lowest BCUT2D eigenvalue weighted by Crippen LogP contribution is -2.06. The van der Waals surface area contributed by atoms with Crippen LogP contribution in [0.3, 0.4) is 0 Å². The van der Waals surface area contributed by atoms with E-state index in [9.17, 15) is 4.39 Å². The van der Waals surface area contributed by atoms with Gasteiger partial charge in [0.2, 0.25) is 0 Å². The van der Waals surface area contributed by atoms with Crippen LogP contribution in [0.15, 0.2) is 53.6 Å². The minimum absolute atomic E-state index is 0.0213. The highest BCUT2D eigenvalue weighted by Crippen LogP contribution is 2.34. The number of nitrogens with zero attached hydrogens (tertiary/aromatic N) is 1. The summed E-state index contributed by atoms with van der Waals surface area (Å²) in [5.41, 5.74) is 6.26. The van der Waals surface area contributed by atoms with Gasteiger partial charge in [-0.15, -0.1) is 0 Å². The molecule has 1 aliphatic heterocycles. The molecule has 0 saturated carbocycles. The molecule has 0 aromatic heterocycles. The van der Waals surface area contributed by atoms with Gasteiger partial charge in [0.05, 0.1) is 0 Å². The Morgan fingerprint density at radius 3 is 2.68 bits per heavy atom. The SMILES string of the molecule is Cc1ccc(C2=NN[C@@H](c3cccc(F)c3)S2)cc1. The Labute approximate surface area is 115 Å². The third-order valence-corrected chi connectivity index (χ3v) is 4.13. The number of rotatable bonds is 2. The molecule has 2 nitrogen and oxygen atoms in total. The Hall–Kier alpha value is -1.81. The van der Waals surface area contributed by atoms with Gasteiger partial charge in [-0.05, 0) is 24.6 Å². The molecule has 2 aromatic rings. The Bertz CT molecular complexity index is 622. The van der Waals surface area contributed by atoms with E-state index < -0.39 is 0 Å². The predicted molar refractivity (Wildman–Crippen MR) is 77.6 cm³/mol. The van der Waals surface area contributed by atoms with Crippen molar-refractivity contribution in [3.8, 4) is 0 Å². The average molecular weight is 272 g/mol. The number of hydrogen-bond donors (Lipinski definition) is 1. The maximum absolute atomic E-state index is 13.2. The predicted octanol–water partition coefficient (Wildman–Crippen LogP) is 3.83. The summed E-state index contributed by atoms with van der Waals surface area (Å²) in [6.45, 7) is 2.06. The first-order valence-corrected chi connectivity index (χ1v) is 6.93. The molecule has 1 heterocycles. The Morgan fingerprint density at radius 2 is 1.95 bits per heavy atom. The Balaban J connectivity index is 1.78. The van der Waals surface area contributed by atoms with E-state index in [2.05, 4.69) is 41.7 Å². The van der Waals surface area contributed by atoms with E-state index in [1.165, 1.54) is 17.7 Å². The number of aryl methyl sites for hydroxylation is 1. The van der Waals surface area contributed by atoms with Crippen molar-refractivity contribution >= 4 is 16.8 Å². The lowest BCUT2D eigenvalue weighted by atomic mass is 10.2. The van der Waals surface area contributed by atoms with E-state index in [0.717, 1.165) is 16.2 Å². The minimum Gasteiger partial charge on any atom is -0.291 e. The lowest BCUT2D eigenvalue weighted by Gasteiger charge is -2.09. The van der Waals surface area contributed by atoms with Crippen LogP contribution < -0.4 is 5.43 Å². The van der Waals surface area contributed by atoms with Crippen LogP contribution in [-0.2, 0) is 0 Å². The van der Waals surface area contributed by atoms with E-state index in [0.29, 0.717) is 0 Å². The van der Waals surface area contributed by atoms with Crippen LogP contribution in [0, 0.1) is 12.7 Å². The summed E-state index contributed by atoms with van der Waals surface area (Å²) in [7, 11) is 0. The van der Waals surface area contributed by atoms with Crippen molar-refractivity contribution < 1.29 is 4.39 Å². The van der Waals surface area contributed by atoms with E-state index in [4.69, 9.17) is 0 Å². The highest BCUT2D eigenvalue weighted by molar-refractivity contribution is 8.14. The Kier molecular flexibility index (Phi) is 3.25. The molecule has 0 aliphatic carbocycles. The minimum atomic E-state index is -0.219. The summed E-state index contributed by atoms with van der Waals surface area (Å²) in [5, 5.41) is 5.25. The molecule has 4 heteroatoms. The molecule has 3 rings (SSSR count). The summed E-state index contributed by atoms with van der Waals surface area (Å²) >= 11 is 1.60. The van der Waals surface area contributed by atoms with Gasteiger partial charge >= 0.3 is 0 Å². The van der Waals surface area contributed by atoms with Crippen molar-refractivity contribution in [2.75, 3.05) is 0 Å². The Morgan fingerprint density at radius 1 is 1.16 bits per heavy atom. The van der Waals surface area contributed by atoms with Crippen LogP contribution in [0.2, 0.25) is 0 Å². The van der Waals surface area contributed by atoms with Crippen molar-refractivity contribution in [3.63, 3.8) is 0 Å². The molecule has 0 fully saturated rings. The third-order valence-electron chi connectivity index (χ3n) is 2.96. The highest BCUT2D eigenvalue weighted by Gasteiger charge is 2.22. The second kappa shape index (κ2) is 5.05. The first-order valence-electron chi connectivity index (χ1n) is 6.05. The van der Waals surface area contributed by atoms with Gasteiger partial charge in [-0.25, -0.2) is 4.39 Å². The van der Waals surface area contributed by atoms with Gasteiger partial charge in [-0.2, -0.15) is 5.10 Å². The molecule has 0 unspecified atom stereocenters. The molecule has 1 N–H and O–H groups in total. The molecule has 1 aliphatic rings. The maximum atomic E-state index is 13.2. The number of nitrogens with one attached hydrogen (secondary N) is 1. The first-order chi connectivity index (χ1) is 9.22. The van der Waals surface area contributed by atoms with Gasteiger partial charge in [-0.1, -0.05) is 53.7 Å². The third kappa shape index (κ3) is 2.63. The zero-order chi connectivity index (χ0) is 13.2. The van der Waals surface area contributed by atoms with Crippen LogP contribution in [0.1, 0.15) is 22.1 Å². The van der Waals surface area contributed by atoms with E-state index in [1.54, 1.807) is 17.8 Å². The van der Waals surface area contributed by atoms with Crippen molar-refractivity contribution in [2.24, 2.45) is 5.10 Å². The number of thioether (sulfide) groups is 1. The average Bonchev–Trinajstić information content (AvgIpc) is 2.89. The van der Waals surface area contributed by atoms with Gasteiger partial charge in [-0.3, -0.25) is 5.43 Å². The summed E-state index contributed by atoms with van der Waals surface area (Å²) in [6.07, 6.45) is 0. The summed E-state index contributed by atoms with van der Waals surface area (Å²) in [5.74, 6) is -0.219. The normalized spacial score (nSPS) is 18.0. The molecule has 0 bridgehead atoms. The molecule has 1 atom stereocenters. The molecule has 19 heavy (non-hydrogen) atoms. The summed E-state index contributed by atoms with van der Waals surface area (Å²) in [6, 6.07) is 14.8. The van der Waals surface area contributed by atoms with Gasteiger partial charge in [0.1, 0.15) is 16.2 Å². The van der Waals surface area contributed by atoms with Gasteiger partial charge < -0.3 is 0 Å². The fraction of sp³-hybridized carbons (Fsp3) is 0.133. The standard InChI is InChI=1S/C15H13FN2S/c1-10-5-7-11(8-6-10)14-17-18-15(19-14)12-3-2-4-13(16)9-12/h2-9,15,18H,1H3/t15-/m1/s1. The molecule has 96 valence electrons. The molecular weight excluding hydrogens is 259 g/mol. The maximum Gasteiger partial charge on any atom is 0.126 e. The van der Waals surface area contributed by atoms with Crippen LogP contribution in [0.4, 0.5) is 4.39 Å². The topological polar surface area (TPSA) is 24.4 Å². The van der Waals surface area contributed by atoms with Gasteiger partial charge in [0.25, 0.3) is 0 Å². The number of halogens is 1. The summed E-state index contributed by atoms with van der Waals surface area (Å²) < 4.78 is 13.2. The van der Waals surface area contributed by atoms with Gasteiger partial charge in [0.15, 0.2) is 0 Å². The van der Waals surface area contributed by atoms with Crippen LogP contribution >= 0.6 is 11.8 Å². The summed E-state index contributed by atoms with van der Waals surface area (Å²) in [4.78, 5) is 0. The van der Waals surface area contributed by atoms with Crippen LogP contribution in [0.5, 0.6) is 0 Å². The fourth-order valence-corrected chi connectivity index (χ4v) is 2.91. The highest BCUT2D eigenvalue weighted by atomic mass is 32.2. The van der Waals surface area contributed by atoms with E-state index in [-0.39, 0.29) is 11.2 Å². The first kappa shape index (κ1) is 12.2. The second-order valence-electron chi connectivity index (χ2n) is 4.46. The van der Waals surface area contributed by atoms with Gasteiger partial charge in [0, 0.05) is 5.56 Å². The lowest BCUT2D eigenvalue weighted by molar-refractivity contribution is 0.622. The fourth-order valence-electron chi connectivity index (χ4n) is 1.92. The van der Waals surface area contributed by atoms with Crippen LogP contribution in [0.25, 0.3) is 0 Å². The van der Waals surface area contributed by atoms with Crippen molar-refractivity contribution in [1.29, 1.82) is 0 Å². The molecule has 0 saturated heterocycles. The molecular formula is C15H13FN2S. The molecule has 0 spiro atoms. The number of hydrazone groups is 1. The quantitative estimate of drug-likeness (QED) is 0.898. The zero-order valence-electron chi connectivity index (χ0n) is 10.4. The smallest absolute Gasteiger partial charge is 0.126 e. The zero-order valence-corrected chi connectivity index (χ0v) is 11.2. The van der Waals surface area contributed by atoms with Crippen LogP contribution in [-0.4, -0.2) is 5.04 Å². The number of hydrogen-bond acceptors (Lipinski definition) is 3. The molecule has 0 radical (unpaired) electrons. The van der Waals surface area contributed by atoms with E-state index >= 15 is 0 Å². The molecule has 2 aromatic carbocycles. The van der Waals surface area contributed by atoms with Crippen molar-refractivity contribution in [3.05, 3.63) is 71.0 Å². The van der Waals surface area contributed by atoms with E-state index in [1.807, 2.05) is 6.07 Å². The largest absolute Gasteiger partial charge is 0.291 e. The van der Waals surface area contributed by atoms with Crippen molar-refractivity contribution in [1.82, 2.24) is 5.43 Å². The van der Waals surface area contributed by atoms with Crippen molar-refractivity contribution in [2.45, 2.75) is 12.3 Å².